The van der Waals surface area contributed by atoms with Crippen molar-refractivity contribution in [1.82, 2.24) is 19.9 Å². The Kier molecular flexibility index (Phi) is 3.99. The first-order chi connectivity index (χ1) is 10.9. The SMILES string of the molecule is O=C(CCC(F)(F)F)Nc1nc(-c2ncnc3[nH]ccc23)cs1. The third kappa shape index (κ3) is 3.65. The molecule has 0 radical (unpaired) electrons. The zero-order chi connectivity index (χ0) is 16.4. The summed E-state index contributed by atoms with van der Waals surface area (Å²) in [5.41, 5.74) is 1.76. The highest BCUT2D eigenvalue weighted by Gasteiger charge is 2.28. The number of thiazole rings is 1. The van der Waals surface area contributed by atoms with Crippen LogP contribution in [0.25, 0.3) is 22.4 Å². The van der Waals surface area contributed by atoms with Crippen LogP contribution in [0.3, 0.4) is 0 Å². The molecule has 3 aromatic rings. The number of aromatic amines is 1. The maximum Gasteiger partial charge on any atom is 0.389 e. The lowest BCUT2D eigenvalue weighted by Crippen LogP contribution is -2.16. The van der Waals surface area contributed by atoms with Crippen molar-refractivity contribution < 1.29 is 18.0 Å². The zero-order valence-electron chi connectivity index (χ0n) is 11.5. The van der Waals surface area contributed by atoms with Gasteiger partial charge in [-0.1, -0.05) is 0 Å². The molecule has 0 aromatic carbocycles. The molecule has 0 aliphatic carbocycles. The van der Waals surface area contributed by atoms with E-state index in [1.165, 1.54) is 6.33 Å². The summed E-state index contributed by atoms with van der Waals surface area (Å²) in [7, 11) is 0. The molecular formula is C13H10F3N5OS. The summed E-state index contributed by atoms with van der Waals surface area (Å²) in [6.07, 6.45) is -3.04. The maximum atomic E-state index is 12.1. The minimum atomic E-state index is -4.35. The lowest BCUT2D eigenvalue weighted by atomic mass is 10.2. The Morgan fingerprint density at radius 1 is 1.35 bits per heavy atom. The van der Waals surface area contributed by atoms with Crippen LogP contribution >= 0.6 is 11.3 Å². The van der Waals surface area contributed by atoms with E-state index in [1.54, 1.807) is 17.6 Å². The molecule has 1 amide bonds. The van der Waals surface area contributed by atoms with E-state index in [0.717, 1.165) is 16.7 Å². The van der Waals surface area contributed by atoms with Crippen LogP contribution in [0.15, 0.2) is 24.0 Å². The smallest absolute Gasteiger partial charge is 0.346 e. The average molecular weight is 341 g/mol. The number of halogens is 3. The molecule has 10 heteroatoms. The van der Waals surface area contributed by atoms with E-state index >= 15 is 0 Å². The van der Waals surface area contributed by atoms with Gasteiger partial charge in [-0.05, 0) is 6.07 Å². The predicted molar refractivity (Wildman–Crippen MR) is 78.9 cm³/mol. The van der Waals surface area contributed by atoms with Crippen molar-refractivity contribution in [2.45, 2.75) is 19.0 Å². The van der Waals surface area contributed by atoms with E-state index in [4.69, 9.17) is 0 Å². The summed E-state index contributed by atoms with van der Waals surface area (Å²) in [4.78, 5) is 26.9. The van der Waals surface area contributed by atoms with Crippen molar-refractivity contribution in [1.29, 1.82) is 0 Å². The van der Waals surface area contributed by atoms with Gasteiger partial charge in [0.2, 0.25) is 5.91 Å². The third-order valence-electron chi connectivity index (χ3n) is 2.98. The Morgan fingerprint density at radius 2 is 2.17 bits per heavy atom. The van der Waals surface area contributed by atoms with Gasteiger partial charge < -0.3 is 10.3 Å². The molecule has 23 heavy (non-hydrogen) atoms. The number of hydrogen-bond donors (Lipinski definition) is 2. The van der Waals surface area contributed by atoms with Crippen LogP contribution in [-0.2, 0) is 4.79 Å². The molecule has 6 nitrogen and oxygen atoms in total. The summed E-state index contributed by atoms with van der Waals surface area (Å²) in [6.45, 7) is 0. The van der Waals surface area contributed by atoms with Gasteiger partial charge in [-0.15, -0.1) is 11.3 Å². The standard InChI is InChI=1S/C13H10F3N5OS/c14-13(15,16)3-1-9(22)21-12-20-8(5-23-12)10-7-2-4-17-11(7)19-6-18-10/h2,4-6H,1,3H2,(H,17,18,19)(H,20,21,22). The van der Waals surface area contributed by atoms with E-state index in [1.807, 2.05) is 0 Å². The molecule has 0 saturated carbocycles. The van der Waals surface area contributed by atoms with Crippen molar-refractivity contribution in [3.8, 4) is 11.4 Å². The van der Waals surface area contributed by atoms with Crippen LogP contribution in [0.2, 0.25) is 0 Å². The molecule has 0 bridgehead atoms. The van der Waals surface area contributed by atoms with Gasteiger partial charge in [0, 0.05) is 23.4 Å². The second-order valence-electron chi connectivity index (χ2n) is 4.66. The molecule has 3 rings (SSSR count). The molecule has 0 spiro atoms. The van der Waals surface area contributed by atoms with E-state index < -0.39 is 24.9 Å². The molecule has 0 fully saturated rings. The molecule has 2 N–H and O–H groups in total. The molecule has 3 aromatic heterocycles. The maximum absolute atomic E-state index is 12.1. The molecule has 120 valence electrons. The molecule has 0 aliphatic rings. The lowest BCUT2D eigenvalue weighted by molar-refractivity contribution is -0.142. The van der Waals surface area contributed by atoms with Gasteiger partial charge in [0.15, 0.2) is 5.13 Å². The van der Waals surface area contributed by atoms with Crippen molar-refractivity contribution in [3.63, 3.8) is 0 Å². The van der Waals surface area contributed by atoms with Gasteiger partial charge in [-0.25, -0.2) is 15.0 Å². The van der Waals surface area contributed by atoms with Gasteiger partial charge in [-0.2, -0.15) is 13.2 Å². The lowest BCUT2D eigenvalue weighted by Gasteiger charge is -2.05. The number of nitrogens with zero attached hydrogens (tertiary/aromatic N) is 3. The summed E-state index contributed by atoms with van der Waals surface area (Å²) < 4.78 is 36.3. The highest BCUT2D eigenvalue weighted by Crippen LogP contribution is 2.28. The number of rotatable bonds is 4. The zero-order valence-corrected chi connectivity index (χ0v) is 12.3. The number of amides is 1. The molecule has 0 atom stereocenters. The van der Waals surface area contributed by atoms with Crippen molar-refractivity contribution in [2.24, 2.45) is 0 Å². The number of H-pyrrole nitrogens is 1. The van der Waals surface area contributed by atoms with Crippen LogP contribution in [0.1, 0.15) is 12.8 Å². The first-order valence-electron chi connectivity index (χ1n) is 6.53. The topological polar surface area (TPSA) is 83.6 Å². The number of hydrogen-bond acceptors (Lipinski definition) is 5. The average Bonchev–Trinajstić information content (AvgIpc) is 3.12. The van der Waals surface area contributed by atoms with Gasteiger partial charge >= 0.3 is 6.18 Å². The number of alkyl halides is 3. The van der Waals surface area contributed by atoms with Crippen LogP contribution < -0.4 is 5.32 Å². The van der Waals surface area contributed by atoms with Crippen LogP contribution in [0.5, 0.6) is 0 Å². The normalized spacial score (nSPS) is 11.8. The number of nitrogens with one attached hydrogen (secondary N) is 2. The first kappa shape index (κ1) is 15.4. The molecule has 3 heterocycles. The van der Waals surface area contributed by atoms with E-state index in [9.17, 15) is 18.0 Å². The minimum absolute atomic E-state index is 0.231. The number of carbonyl (C=O) groups is 1. The number of aromatic nitrogens is 4. The van der Waals surface area contributed by atoms with E-state index in [-0.39, 0.29) is 5.13 Å². The Labute approximate surface area is 131 Å². The Hall–Kier alpha value is -2.49. The van der Waals surface area contributed by atoms with Gasteiger partial charge in [0.05, 0.1) is 6.42 Å². The quantitative estimate of drug-likeness (QED) is 0.762. The van der Waals surface area contributed by atoms with Gasteiger partial charge in [0.1, 0.15) is 23.4 Å². The molecular weight excluding hydrogens is 331 g/mol. The summed E-state index contributed by atoms with van der Waals surface area (Å²) >= 11 is 1.12. The molecule has 0 unspecified atom stereocenters. The summed E-state index contributed by atoms with van der Waals surface area (Å²) in [5, 5.41) is 5.04. The van der Waals surface area contributed by atoms with Crippen LogP contribution in [0, 0.1) is 0 Å². The summed E-state index contributed by atoms with van der Waals surface area (Å²) in [5.74, 6) is -0.724. The second kappa shape index (κ2) is 5.95. The number of fused-ring (bicyclic) bond motifs is 1. The fourth-order valence-electron chi connectivity index (χ4n) is 1.95. The van der Waals surface area contributed by atoms with Crippen molar-refractivity contribution in [3.05, 3.63) is 24.0 Å². The second-order valence-corrected chi connectivity index (χ2v) is 5.52. The largest absolute Gasteiger partial charge is 0.389 e. The third-order valence-corrected chi connectivity index (χ3v) is 3.74. The van der Waals surface area contributed by atoms with Crippen molar-refractivity contribution in [2.75, 3.05) is 5.32 Å². The van der Waals surface area contributed by atoms with Crippen LogP contribution in [0.4, 0.5) is 18.3 Å². The van der Waals surface area contributed by atoms with Gasteiger partial charge in [0.25, 0.3) is 0 Å². The van der Waals surface area contributed by atoms with Crippen LogP contribution in [-0.4, -0.2) is 32.0 Å². The minimum Gasteiger partial charge on any atom is -0.346 e. The number of carbonyl (C=O) groups excluding carboxylic acids is 1. The highest BCUT2D eigenvalue weighted by atomic mass is 32.1. The number of anilines is 1. The molecule has 0 saturated heterocycles. The van der Waals surface area contributed by atoms with E-state index in [2.05, 4.69) is 25.3 Å². The monoisotopic (exact) mass is 341 g/mol. The fourth-order valence-corrected chi connectivity index (χ4v) is 2.66. The molecule has 0 aliphatic heterocycles. The fraction of sp³-hybridized carbons (Fsp3) is 0.231. The van der Waals surface area contributed by atoms with E-state index in [0.29, 0.717) is 17.0 Å². The Balaban J connectivity index is 1.73. The first-order valence-corrected chi connectivity index (χ1v) is 7.41. The highest BCUT2D eigenvalue weighted by molar-refractivity contribution is 7.14. The predicted octanol–water partition coefficient (Wildman–Crippen LogP) is 3.36. The Morgan fingerprint density at radius 3 is 2.96 bits per heavy atom. The van der Waals surface area contributed by atoms with Crippen molar-refractivity contribution >= 4 is 33.4 Å². The summed E-state index contributed by atoms with van der Waals surface area (Å²) in [6, 6.07) is 1.80. The Bertz CT molecular complexity index is 841. The van der Waals surface area contributed by atoms with Gasteiger partial charge in [-0.3, -0.25) is 4.79 Å².